The third kappa shape index (κ3) is 3.42. The Kier molecular flexibility index (Phi) is 4.47. The van der Waals surface area contributed by atoms with Crippen LogP contribution in [-0.2, 0) is 0 Å². The van der Waals surface area contributed by atoms with Crippen LogP contribution in [0.3, 0.4) is 0 Å². The molecule has 0 aliphatic heterocycles. The molecule has 1 amide bonds. The van der Waals surface area contributed by atoms with Crippen molar-refractivity contribution in [2.24, 2.45) is 0 Å². The van der Waals surface area contributed by atoms with Crippen LogP contribution in [0.25, 0.3) is 0 Å². The zero-order chi connectivity index (χ0) is 14.5. The van der Waals surface area contributed by atoms with Gasteiger partial charge in [0, 0.05) is 12.6 Å². The molecule has 0 bridgehead atoms. The Labute approximate surface area is 114 Å². The van der Waals surface area contributed by atoms with Crippen molar-refractivity contribution >= 4 is 5.91 Å². The number of halogens is 2. The second-order valence-electron chi connectivity index (χ2n) is 4.20. The first kappa shape index (κ1) is 14.2. The van der Waals surface area contributed by atoms with E-state index >= 15 is 0 Å². The van der Waals surface area contributed by atoms with E-state index in [9.17, 15) is 18.7 Å². The average Bonchev–Trinajstić information content (AvgIpc) is 2.92. The molecule has 0 radical (unpaired) electrons. The van der Waals surface area contributed by atoms with Gasteiger partial charge in [0.2, 0.25) is 0 Å². The van der Waals surface area contributed by atoms with E-state index in [1.54, 1.807) is 12.1 Å². The smallest absolute Gasteiger partial charge is 0.254 e. The highest BCUT2D eigenvalue weighted by Gasteiger charge is 2.14. The molecule has 0 saturated heterocycles. The topological polar surface area (TPSA) is 62.5 Å². The Morgan fingerprint density at radius 1 is 1.35 bits per heavy atom. The maximum absolute atomic E-state index is 13.3. The molecule has 2 aromatic rings. The Bertz CT molecular complexity index is 584. The summed E-state index contributed by atoms with van der Waals surface area (Å²) >= 11 is 0. The number of hydrogen-bond acceptors (Lipinski definition) is 3. The zero-order valence-electron chi connectivity index (χ0n) is 10.5. The predicted molar refractivity (Wildman–Crippen MR) is 67.0 cm³/mol. The lowest BCUT2D eigenvalue weighted by Crippen LogP contribution is -2.26. The largest absolute Gasteiger partial charge is 0.467 e. The van der Waals surface area contributed by atoms with Gasteiger partial charge in [0.1, 0.15) is 23.5 Å². The Hall–Kier alpha value is -2.21. The number of hydrogen-bond donors (Lipinski definition) is 2. The second kappa shape index (κ2) is 6.29. The van der Waals surface area contributed by atoms with Gasteiger partial charge in [-0.25, -0.2) is 8.78 Å². The van der Waals surface area contributed by atoms with Gasteiger partial charge in [0.15, 0.2) is 0 Å². The van der Waals surface area contributed by atoms with Crippen LogP contribution < -0.4 is 5.32 Å². The van der Waals surface area contributed by atoms with Crippen molar-refractivity contribution in [2.75, 3.05) is 6.54 Å². The number of aliphatic hydroxyl groups excluding tert-OH is 1. The minimum atomic E-state index is -0.922. The van der Waals surface area contributed by atoms with Crippen molar-refractivity contribution in [1.29, 1.82) is 0 Å². The summed E-state index contributed by atoms with van der Waals surface area (Å²) in [6.07, 6.45) is 0.816. The normalized spacial score (nSPS) is 12.2. The lowest BCUT2D eigenvalue weighted by molar-refractivity contribution is 0.0932. The molecule has 2 rings (SSSR count). The van der Waals surface area contributed by atoms with E-state index in [1.165, 1.54) is 6.26 Å². The highest BCUT2D eigenvalue weighted by Crippen LogP contribution is 2.16. The fraction of sp³-hybridized carbons (Fsp3) is 0.214. The molecule has 0 aliphatic rings. The number of nitrogens with one attached hydrogen (secondary N) is 1. The molecule has 0 saturated carbocycles. The van der Waals surface area contributed by atoms with Gasteiger partial charge in [-0.1, -0.05) is 0 Å². The molecule has 106 valence electrons. The SMILES string of the molecule is O=C(NCCC(O)c1ccco1)c1ccc(F)cc1F. The number of carbonyl (C=O) groups excluding carboxylic acids is 1. The summed E-state index contributed by atoms with van der Waals surface area (Å²) in [5.74, 6) is -1.93. The van der Waals surface area contributed by atoms with E-state index in [4.69, 9.17) is 4.42 Å². The maximum atomic E-state index is 13.3. The monoisotopic (exact) mass is 281 g/mol. The minimum absolute atomic E-state index is 0.136. The molecule has 4 nitrogen and oxygen atoms in total. The Balaban J connectivity index is 1.86. The quantitative estimate of drug-likeness (QED) is 0.884. The molecule has 6 heteroatoms. The second-order valence-corrected chi connectivity index (χ2v) is 4.20. The van der Waals surface area contributed by atoms with Gasteiger partial charge in [-0.05, 0) is 30.7 Å². The predicted octanol–water partition coefficient (Wildman–Crippen LogP) is 2.41. The molecular formula is C14H13F2NO3. The van der Waals surface area contributed by atoms with Crippen molar-refractivity contribution in [3.8, 4) is 0 Å². The van der Waals surface area contributed by atoms with Crippen molar-refractivity contribution in [3.63, 3.8) is 0 Å². The number of carbonyl (C=O) groups is 1. The summed E-state index contributed by atoms with van der Waals surface area (Å²) in [6, 6.07) is 5.99. The van der Waals surface area contributed by atoms with Gasteiger partial charge in [0.05, 0.1) is 11.8 Å². The van der Waals surface area contributed by atoms with E-state index in [1.807, 2.05) is 0 Å². The van der Waals surface area contributed by atoms with Crippen LogP contribution in [0.15, 0.2) is 41.0 Å². The number of aliphatic hydroxyl groups is 1. The van der Waals surface area contributed by atoms with Crippen LogP contribution >= 0.6 is 0 Å². The summed E-state index contributed by atoms with van der Waals surface area (Å²) in [6.45, 7) is 0.136. The van der Waals surface area contributed by atoms with Crippen molar-refractivity contribution in [2.45, 2.75) is 12.5 Å². The standard InChI is InChI=1S/C14H13F2NO3/c15-9-3-4-10(11(16)8-9)14(19)17-6-5-12(18)13-2-1-7-20-13/h1-4,7-8,12,18H,5-6H2,(H,17,19). The Morgan fingerprint density at radius 2 is 2.15 bits per heavy atom. The number of rotatable bonds is 5. The van der Waals surface area contributed by atoms with Crippen LogP contribution in [0.1, 0.15) is 28.6 Å². The van der Waals surface area contributed by atoms with E-state index in [0.29, 0.717) is 11.8 Å². The van der Waals surface area contributed by atoms with Gasteiger partial charge in [-0.15, -0.1) is 0 Å². The fourth-order valence-electron chi connectivity index (χ4n) is 1.71. The van der Waals surface area contributed by atoms with E-state index < -0.39 is 23.6 Å². The van der Waals surface area contributed by atoms with Gasteiger partial charge < -0.3 is 14.8 Å². The van der Waals surface area contributed by atoms with Crippen molar-refractivity contribution < 1.29 is 23.1 Å². The first-order chi connectivity index (χ1) is 9.58. The Morgan fingerprint density at radius 3 is 2.80 bits per heavy atom. The van der Waals surface area contributed by atoms with Crippen molar-refractivity contribution in [1.82, 2.24) is 5.32 Å². The lowest BCUT2D eigenvalue weighted by atomic mass is 10.1. The van der Waals surface area contributed by atoms with Gasteiger partial charge in [-0.2, -0.15) is 0 Å². The highest BCUT2D eigenvalue weighted by molar-refractivity contribution is 5.94. The van der Waals surface area contributed by atoms with Crippen LogP contribution in [0.5, 0.6) is 0 Å². The van der Waals surface area contributed by atoms with Crippen molar-refractivity contribution in [3.05, 3.63) is 59.6 Å². The zero-order valence-corrected chi connectivity index (χ0v) is 10.5. The van der Waals surface area contributed by atoms with Crippen LogP contribution in [0.2, 0.25) is 0 Å². The highest BCUT2D eigenvalue weighted by atomic mass is 19.1. The third-order valence-corrected chi connectivity index (χ3v) is 2.75. The molecule has 1 atom stereocenters. The number of benzene rings is 1. The molecule has 1 aromatic carbocycles. The van der Waals surface area contributed by atoms with Gasteiger partial charge in [-0.3, -0.25) is 4.79 Å². The molecule has 2 N–H and O–H groups in total. The van der Waals surface area contributed by atoms with Crippen LogP contribution in [0, 0.1) is 11.6 Å². The molecule has 1 unspecified atom stereocenters. The molecular weight excluding hydrogens is 268 g/mol. The van der Waals surface area contributed by atoms with E-state index in [-0.39, 0.29) is 18.5 Å². The molecule has 20 heavy (non-hydrogen) atoms. The fourth-order valence-corrected chi connectivity index (χ4v) is 1.71. The molecule has 0 aliphatic carbocycles. The van der Waals surface area contributed by atoms with E-state index in [2.05, 4.69) is 5.32 Å². The number of furan rings is 1. The molecule has 0 spiro atoms. The van der Waals surface area contributed by atoms with Gasteiger partial charge >= 0.3 is 0 Å². The lowest BCUT2D eigenvalue weighted by Gasteiger charge is -2.09. The minimum Gasteiger partial charge on any atom is -0.467 e. The van der Waals surface area contributed by atoms with Gasteiger partial charge in [0.25, 0.3) is 5.91 Å². The first-order valence-electron chi connectivity index (χ1n) is 6.02. The average molecular weight is 281 g/mol. The number of amides is 1. The van der Waals surface area contributed by atoms with E-state index in [0.717, 1.165) is 12.1 Å². The summed E-state index contributed by atoms with van der Waals surface area (Å²) in [5.41, 5.74) is -0.237. The van der Waals surface area contributed by atoms with Crippen LogP contribution in [0.4, 0.5) is 8.78 Å². The summed E-state index contributed by atoms with van der Waals surface area (Å²) < 4.78 is 31.1. The maximum Gasteiger partial charge on any atom is 0.254 e. The van der Waals surface area contributed by atoms with Crippen LogP contribution in [-0.4, -0.2) is 17.6 Å². The summed E-state index contributed by atoms with van der Waals surface area (Å²) in [5, 5.41) is 12.2. The molecule has 1 aromatic heterocycles. The third-order valence-electron chi connectivity index (χ3n) is 2.75. The first-order valence-corrected chi connectivity index (χ1v) is 6.02. The summed E-state index contributed by atoms with van der Waals surface area (Å²) in [4.78, 5) is 11.7. The summed E-state index contributed by atoms with van der Waals surface area (Å²) in [7, 11) is 0. The molecule has 0 fully saturated rings. The molecule has 1 heterocycles.